The zero-order chi connectivity index (χ0) is 7.98. The minimum atomic E-state index is 0.821. The molecule has 10 heavy (non-hydrogen) atoms. The number of nitrogens with two attached hydrogens (primary N) is 1. The first-order valence-electron chi connectivity index (χ1n) is 3.08. The Bertz CT molecular complexity index is 150. The van der Waals surface area contributed by atoms with Crippen molar-refractivity contribution in [2.45, 2.75) is 6.92 Å². The van der Waals surface area contributed by atoms with E-state index in [-0.39, 0.29) is 0 Å². The molecule has 0 saturated heterocycles. The van der Waals surface area contributed by atoms with Gasteiger partial charge in [0.05, 0.1) is 0 Å². The maximum absolute atomic E-state index is 5.60. The van der Waals surface area contributed by atoms with Gasteiger partial charge in [0.1, 0.15) is 0 Å². The van der Waals surface area contributed by atoms with Gasteiger partial charge in [-0.3, -0.25) is 0 Å². The summed E-state index contributed by atoms with van der Waals surface area (Å²) in [5.41, 5.74) is 7.50. The third kappa shape index (κ3) is 4.67. The molecule has 0 aromatic heterocycles. The monoisotopic (exact) mass is 252 g/mol. The topological polar surface area (TPSA) is 38.0 Å². The largest absolute Gasteiger partial charge is 0.399 e. The van der Waals surface area contributed by atoms with Gasteiger partial charge in [0, 0.05) is 22.9 Å². The summed E-state index contributed by atoms with van der Waals surface area (Å²) in [7, 11) is 1.88. The predicted octanol–water partition coefficient (Wildman–Crippen LogP) is 1.39. The van der Waals surface area contributed by atoms with Gasteiger partial charge in [-0.15, -0.1) is 0 Å². The quantitative estimate of drug-likeness (QED) is 0.452. The van der Waals surface area contributed by atoms with Crippen LogP contribution in [0.15, 0.2) is 23.5 Å². The summed E-state index contributed by atoms with van der Waals surface area (Å²) >= 11 is 2.26. The SMILES string of the molecule is CN/C(C)=C\C(N)=C/CI. The van der Waals surface area contributed by atoms with Gasteiger partial charge >= 0.3 is 0 Å². The minimum Gasteiger partial charge on any atom is -0.399 e. The van der Waals surface area contributed by atoms with E-state index in [1.165, 1.54) is 0 Å². The molecule has 0 amide bonds. The molecule has 0 aliphatic carbocycles. The Morgan fingerprint density at radius 3 is 2.70 bits per heavy atom. The molecule has 0 radical (unpaired) electrons. The van der Waals surface area contributed by atoms with Gasteiger partial charge in [0.2, 0.25) is 0 Å². The molecule has 0 saturated carbocycles. The lowest BCUT2D eigenvalue weighted by atomic mass is 10.3. The van der Waals surface area contributed by atoms with Crippen molar-refractivity contribution in [2.24, 2.45) is 5.73 Å². The minimum absolute atomic E-state index is 0.821. The van der Waals surface area contributed by atoms with E-state index < -0.39 is 0 Å². The summed E-state index contributed by atoms with van der Waals surface area (Å²) in [6.45, 7) is 1.98. The molecule has 0 heterocycles. The van der Waals surface area contributed by atoms with Crippen LogP contribution in [0, 0.1) is 0 Å². The summed E-state index contributed by atoms with van der Waals surface area (Å²) < 4.78 is 0.955. The second-order valence-corrected chi connectivity index (χ2v) is 2.82. The van der Waals surface area contributed by atoms with E-state index in [0.717, 1.165) is 15.8 Å². The highest BCUT2D eigenvalue weighted by Gasteiger charge is 1.83. The molecule has 0 aliphatic rings. The van der Waals surface area contributed by atoms with Crippen molar-refractivity contribution in [3.05, 3.63) is 23.5 Å². The smallest absolute Gasteiger partial charge is 0.0298 e. The van der Waals surface area contributed by atoms with Crippen LogP contribution in [-0.4, -0.2) is 11.5 Å². The first-order chi connectivity index (χ1) is 4.70. The molecule has 0 aromatic carbocycles. The van der Waals surface area contributed by atoms with Crippen LogP contribution in [0.25, 0.3) is 0 Å². The predicted molar refractivity (Wildman–Crippen MR) is 54.0 cm³/mol. The summed E-state index contributed by atoms with van der Waals surface area (Å²) in [4.78, 5) is 0. The average molecular weight is 252 g/mol. The second kappa shape index (κ2) is 5.58. The summed E-state index contributed by atoms with van der Waals surface area (Å²) in [6.07, 6.45) is 3.89. The third-order valence-corrected chi connectivity index (χ3v) is 1.53. The Morgan fingerprint density at radius 1 is 1.70 bits per heavy atom. The fourth-order valence-corrected chi connectivity index (χ4v) is 0.979. The van der Waals surface area contributed by atoms with Crippen molar-refractivity contribution in [3.8, 4) is 0 Å². The molecule has 0 aliphatic heterocycles. The van der Waals surface area contributed by atoms with Gasteiger partial charge in [-0.2, -0.15) is 0 Å². The van der Waals surface area contributed by atoms with Crippen LogP contribution < -0.4 is 11.1 Å². The number of rotatable bonds is 3. The van der Waals surface area contributed by atoms with Crippen LogP contribution in [0.3, 0.4) is 0 Å². The maximum atomic E-state index is 5.60. The van der Waals surface area contributed by atoms with Crippen molar-refractivity contribution in [1.82, 2.24) is 5.32 Å². The highest BCUT2D eigenvalue weighted by Crippen LogP contribution is 1.94. The number of hydrogen-bond acceptors (Lipinski definition) is 2. The van der Waals surface area contributed by atoms with Crippen LogP contribution in [0.2, 0.25) is 0 Å². The molecule has 0 atom stereocenters. The summed E-state index contributed by atoms with van der Waals surface area (Å²) in [5.74, 6) is 0. The molecule has 0 unspecified atom stereocenters. The maximum Gasteiger partial charge on any atom is 0.0298 e. The van der Waals surface area contributed by atoms with Crippen LogP contribution in [0.1, 0.15) is 6.92 Å². The van der Waals surface area contributed by atoms with Crippen LogP contribution in [0.5, 0.6) is 0 Å². The third-order valence-electron chi connectivity index (χ3n) is 1.09. The zero-order valence-electron chi connectivity index (χ0n) is 6.32. The number of alkyl halides is 1. The van der Waals surface area contributed by atoms with Gasteiger partial charge in [-0.1, -0.05) is 28.7 Å². The van der Waals surface area contributed by atoms with Gasteiger partial charge in [-0.25, -0.2) is 0 Å². The molecule has 3 N–H and O–H groups in total. The number of halogens is 1. The first-order valence-corrected chi connectivity index (χ1v) is 4.61. The van der Waals surface area contributed by atoms with Gasteiger partial charge in [0.15, 0.2) is 0 Å². The normalized spacial score (nSPS) is 13.5. The molecule has 3 heteroatoms. The molecule has 0 spiro atoms. The number of nitrogens with one attached hydrogen (secondary N) is 1. The highest BCUT2D eigenvalue weighted by atomic mass is 127. The first kappa shape index (κ1) is 9.81. The molecule has 0 fully saturated rings. The van der Waals surface area contributed by atoms with E-state index in [0.29, 0.717) is 0 Å². The molecule has 0 bridgehead atoms. The lowest BCUT2D eigenvalue weighted by Gasteiger charge is -1.97. The highest BCUT2D eigenvalue weighted by molar-refractivity contribution is 14.1. The molecular formula is C7H13IN2. The van der Waals surface area contributed by atoms with Crippen molar-refractivity contribution in [1.29, 1.82) is 0 Å². The van der Waals surface area contributed by atoms with E-state index >= 15 is 0 Å². The average Bonchev–Trinajstić information content (AvgIpc) is 1.88. The van der Waals surface area contributed by atoms with E-state index in [9.17, 15) is 0 Å². The Hall–Kier alpha value is -0.190. The fourth-order valence-electron chi connectivity index (χ4n) is 0.470. The second-order valence-electron chi connectivity index (χ2n) is 1.94. The zero-order valence-corrected chi connectivity index (χ0v) is 8.47. The Labute approximate surface area is 75.7 Å². The summed E-state index contributed by atoms with van der Waals surface area (Å²) in [5, 5.41) is 2.99. The van der Waals surface area contributed by atoms with E-state index in [1.54, 1.807) is 0 Å². The lowest BCUT2D eigenvalue weighted by molar-refractivity contribution is 0.984. The van der Waals surface area contributed by atoms with Crippen molar-refractivity contribution < 1.29 is 0 Å². The van der Waals surface area contributed by atoms with E-state index in [1.807, 2.05) is 26.1 Å². The number of allylic oxidation sites excluding steroid dienone is 3. The lowest BCUT2D eigenvalue weighted by Crippen LogP contribution is -2.04. The Morgan fingerprint density at radius 2 is 2.30 bits per heavy atom. The fraction of sp³-hybridized carbons (Fsp3) is 0.429. The Balaban J connectivity index is 3.98. The van der Waals surface area contributed by atoms with E-state index in [2.05, 4.69) is 27.9 Å². The standard InChI is InChI=1S/C7H13IN2/c1-6(10-2)5-7(9)3-4-8/h3,5,10H,4,9H2,1-2H3/b6-5-,7-3+. The van der Waals surface area contributed by atoms with Crippen molar-refractivity contribution in [3.63, 3.8) is 0 Å². The molecule has 2 nitrogen and oxygen atoms in total. The molecule has 58 valence electrons. The van der Waals surface area contributed by atoms with E-state index in [4.69, 9.17) is 5.73 Å². The van der Waals surface area contributed by atoms with Gasteiger partial charge in [-0.05, 0) is 13.0 Å². The van der Waals surface area contributed by atoms with Crippen LogP contribution in [-0.2, 0) is 0 Å². The van der Waals surface area contributed by atoms with Gasteiger partial charge in [0.25, 0.3) is 0 Å². The Kier molecular flexibility index (Phi) is 5.48. The van der Waals surface area contributed by atoms with Crippen molar-refractivity contribution in [2.75, 3.05) is 11.5 Å². The van der Waals surface area contributed by atoms with Crippen LogP contribution in [0.4, 0.5) is 0 Å². The molecule has 0 aromatic rings. The van der Waals surface area contributed by atoms with Crippen molar-refractivity contribution >= 4 is 22.6 Å². The molecular weight excluding hydrogens is 239 g/mol. The number of hydrogen-bond donors (Lipinski definition) is 2. The van der Waals surface area contributed by atoms with Crippen LogP contribution >= 0.6 is 22.6 Å². The van der Waals surface area contributed by atoms with Gasteiger partial charge < -0.3 is 11.1 Å². The summed E-state index contributed by atoms with van der Waals surface area (Å²) in [6, 6.07) is 0. The molecule has 0 rings (SSSR count).